The van der Waals surface area contributed by atoms with Crippen LogP contribution in [0.3, 0.4) is 0 Å². The Labute approximate surface area is 174 Å². The predicted molar refractivity (Wildman–Crippen MR) is 115 cm³/mol. The molecule has 1 unspecified atom stereocenters. The van der Waals surface area contributed by atoms with E-state index in [9.17, 15) is 14.2 Å². The van der Waals surface area contributed by atoms with Gasteiger partial charge in [-0.1, -0.05) is 36.4 Å². The molecule has 0 heterocycles. The van der Waals surface area contributed by atoms with E-state index in [0.29, 0.717) is 22.6 Å². The molecule has 0 bridgehead atoms. The lowest BCUT2D eigenvalue weighted by Gasteiger charge is -2.22. The third kappa shape index (κ3) is 5.72. The third-order valence-corrected chi connectivity index (χ3v) is 5.45. The van der Waals surface area contributed by atoms with Crippen LogP contribution in [0, 0.1) is 0 Å². The van der Waals surface area contributed by atoms with E-state index in [-0.39, 0.29) is 6.61 Å². The third-order valence-electron chi connectivity index (χ3n) is 3.93. The molecular weight excluding hydrogens is 403 g/mol. The molecule has 1 amide bonds. The SMILES string of the molecule is CCOC(=O)c1ccc(NP(=O)(NC(=O)c2ccccc2)Oc2ccccc2)cc1. The molecule has 3 aromatic carbocycles. The minimum Gasteiger partial charge on any atom is -0.462 e. The summed E-state index contributed by atoms with van der Waals surface area (Å²) in [4.78, 5) is 24.4. The topological polar surface area (TPSA) is 93.7 Å². The number of anilines is 1. The molecule has 0 aliphatic carbocycles. The first-order chi connectivity index (χ1) is 14.5. The minimum absolute atomic E-state index is 0.268. The van der Waals surface area contributed by atoms with E-state index >= 15 is 0 Å². The van der Waals surface area contributed by atoms with Gasteiger partial charge in [0.05, 0.1) is 12.2 Å². The van der Waals surface area contributed by atoms with Gasteiger partial charge in [-0.3, -0.25) is 15.0 Å². The summed E-state index contributed by atoms with van der Waals surface area (Å²) in [5, 5.41) is 5.21. The second-order valence-corrected chi connectivity index (χ2v) is 7.91. The van der Waals surface area contributed by atoms with Crippen LogP contribution in [0.15, 0.2) is 84.9 Å². The molecule has 2 N–H and O–H groups in total. The fraction of sp³-hybridized carbons (Fsp3) is 0.0909. The van der Waals surface area contributed by atoms with Crippen molar-refractivity contribution in [2.45, 2.75) is 6.92 Å². The van der Waals surface area contributed by atoms with Crippen molar-refractivity contribution in [1.29, 1.82) is 0 Å². The second kappa shape index (κ2) is 9.76. The summed E-state index contributed by atoms with van der Waals surface area (Å²) in [6, 6.07) is 23.1. The highest BCUT2D eigenvalue weighted by molar-refractivity contribution is 7.59. The van der Waals surface area contributed by atoms with Crippen molar-refractivity contribution in [2.24, 2.45) is 0 Å². The predicted octanol–water partition coefficient (Wildman–Crippen LogP) is 4.89. The molecule has 0 aromatic heterocycles. The molecule has 0 radical (unpaired) electrons. The van der Waals surface area contributed by atoms with Gasteiger partial charge < -0.3 is 9.26 Å². The zero-order chi connectivity index (χ0) is 21.4. The van der Waals surface area contributed by atoms with Gasteiger partial charge in [0.1, 0.15) is 5.75 Å². The number of nitrogens with one attached hydrogen (secondary N) is 2. The van der Waals surface area contributed by atoms with Crippen LogP contribution in [0.5, 0.6) is 5.75 Å². The Kier molecular flexibility index (Phi) is 6.88. The molecule has 0 aliphatic heterocycles. The van der Waals surface area contributed by atoms with E-state index in [0.717, 1.165) is 0 Å². The van der Waals surface area contributed by atoms with Crippen molar-refractivity contribution in [2.75, 3.05) is 11.7 Å². The molecule has 0 saturated carbocycles. The normalized spacial score (nSPS) is 12.3. The summed E-state index contributed by atoms with van der Waals surface area (Å²) in [6.45, 7) is 1.99. The van der Waals surface area contributed by atoms with E-state index in [1.807, 2.05) is 0 Å². The molecule has 30 heavy (non-hydrogen) atoms. The van der Waals surface area contributed by atoms with E-state index < -0.39 is 19.5 Å². The van der Waals surface area contributed by atoms with Gasteiger partial charge in [-0.15, -0.1) is 0 Å². The number of rotatable bonds is 8. The minimum atomic E-state index is -3.90. The lowest BCUT2D eigenvalue weighted by atomic mass is 10.2. The second-order valence-electron chi connectivity index (χ2n) is 6.17. The molecule has 154 valence electrons. The van der Waals surface area contributed by atoms with Crippen molar-refractivity contribution >= 4 is 25.2 Å². The monoisotopic (exact) mass is 424 g/mol. The maximum Gasteiger partial charge on any atom is 0.446 e. The zero-order valence-electron chi connectivity index (χ0n) is 16.3. The van der Waals surface area contributed by atoms with E-state index in [4.69, 9.17) is 9.26 Å². The molecule has 1 atom stereocenters. The van der Waals surface area contributed by atoms with Gasteiger partial charge >= 0.3 is 13.6 Å². The summed E-state index contributed by atoms with van der Waals surface area (Å²) in [6.07, 6.45) is 0. The molecule has 0 saturated heterocycles. The Morgan fingerprint density at radius 3 is 2.03 bits per heavy atom. The first-order valence-corrected chi connectivity index (χ1v) is 10.9. The first kappa shape index (κ1) is 21.1. The standard InChI is InChI=1S/C22H21N2O5P/c1-2-28-22(26)18-13-15-19(16-14-18)23-30(27,29-20-11-7-4-8-12-20)24-21(25)17-9-5-3-6-10-17/h3-16H,2H2,1H3,(H2,23,24,25,27). The van der Waals surface area contributed by atoms with Gasteiger partial charge in [0.25, 0.3) is 5.91 Å². The number of carbonyl (C=O) groups excluding carboxylic acids is 2. The number of carbonyl (C=O) groups is 2. The fourth-order valence-corrected chi connectivity index (χ4v) is 4.01. The smallest absolute Gasteiger partial charge is 0.446 e. The van der Waals surface area contributed by atoms with Crippen molar-refractivity contribution in [3.63, 3.8) is 0 Å². The molecule has 8 heteroatoms. The van der Waals surface area contributed by atoms with E-state index in [1.165, 1.54) is 12.1 Å². The highest BCUT2D eigenvalue weighted by Gasteiger charge is 2.28. The number of hydrogen-bond donors (Lipinski definition) is 2. The summed E-state index contributed by atoms with van der Waals surface area (Å²) in [5.41, 5.74) is 1.10. The van der Waals surface area contributed by atoms with Gasteiger partial charge in [-0.2, -0.15) is 0 Å². The molecule has 3 rings (SSSR count). The van der Waals surface area contributed by atoms with Crippen LogP contribution in [0.2, 0.25) is 0 Å². The van der Waals surface area contributed by atoms with Crippen LogP contribution in [0.25, 0.3) is 0 Å². The summed E-state index contributed by atoms with van der Waals surface area (Å²) in [7, 11) is -3.90. The van der Waals surface area contributed by atoms with Crippen LogP contribution in [0.1, 0.15) is 27.6 Å². The molecule has 0 spiro atoms. The number of para-hydroxylation sites is 1. The molecule has 3 aromatic rings. The van der Waals surface area contributed by atoms with Crippen molar-refractivity contribution in [3.8, 4) is 5.75 Å². The number of ether oxygens (including phenoxy) is 1. The van der Waals surface area contributed by atoms with Gasteiger partial charge in [-0.25, -0.2) is 9.36 Å². The molecular formula is C22H21N2O5P. The van der Waals surface area contributed by atoms with Crippen molar-refractivity contribution in [1.82, 2.24) is 5.09 Å². The van der Waals surface area contributed by atoms with Crippen LogP contribution < -0.4 is 14.7 Å². The Bertz CT molecular complexity index is 1040. The maximum atomic E-state index is 13.5. The fourth-order valence-electron chi connectivity index (χ4n) is 2.56. The average molecular weight is 424 g/mol. The van der Waals surface area contributed by atoms with E-state index in [2.05, 4.69) is 10.2 Å². The van der Waals surface area contributed by atoms with Gasteiger partial charge in [-0.05, 0) is 55.5 Å². The van der Waals surface area contributed by atoms with Crippen LogP contribution >= 0.6 is 7.67 Å². The Morgan fingerprint density at radius 1 is 0.833 bits per heavy atom. The number of amides is 1. The summed E-state index contributed by atoms with van der Waals surface area (Å²) < 4.78 is 24.1. The molecule has 7 nitrogen and oxygen atoms in total. The van der Waals surface area contributed by atoms with Gasteiger partial charge in [0, 0.05) is 11.3 Å². The Hall–Kier alpha value is -3.57. The van der Waals surface area contributed by atoms with Crippen molar-refractivity contribution in [3.05, 3.63) is 96.1 Å². The zero-order valence-corrected chi connectivity index (χ0v) is 17.2. The van der Waals surface area contributed by atoms with Gasteiger partial charge in [0.2, 0.25) is 0 Å². The van der Waals surface area contributed by atoms with E-state index in [1.54, 1.807) is 79.7 Å². The Balaban J connectivity index is 1.83. The highest BCUT2D eigenvalue weighted by Crippen LogP contribution is 2.43. The largest absolute Gasteiger partial charge is 0.462 e. The average Bonchev–Trinajstić information content (AvgIpc) is 2.75. The van der Waals surface area contributed by atoms with Crippen LogP contribution in [-0.2, 0) is 9.30 Å². The Morgan fingerprint density at radius 2 is 1.43 bits per heavy atom. The lowest BCUT2D eigenvalue weighted by Crippen LogP contribution is -2.26. The molecule has 0 fully saturated rings. The number of benzene rings is 3. The highest BCUT2D eigenvalue weighted by atomic mass is 31.2. The van der Waals surface area contributed by atoms with Crippen molar-refractivity contribution < 1.29 is 23.4 Å². The number of esters is 1. The number of hydrogen-bond acceptors (Lipinski definition) is 5. The lowest BCUT2D eigenvalue weighted by molar-refractivity contribution is 0.0526. The maximum absolute atomic E-state index is 13.5. The first-order valence-electron chi connectivity index (χ1n) is 9.27. The quantitative estimate of drug-likeness (QED) is 0.395. The molecule has 0 aliphatic rings. The van der Waals surface area contributed by atoms with Crippen LogP contribution in [0.4, 0.5) is 5.69 Å². The summed E-state index contributed by atoms with van der Waals surface area (Å²) in [5.74, 6) is -0.680. The van der Waals surface area contributed by atoms with Gasteiger partial charge in [0.15, 0.2) is 0 Å². The van der Waals surface area contributed by atoms with Crippen LogP contribution in [-0.4, -0.2) is 18.5 Å². The summed E-state index contributed by atoms with van der Waals surface area (Å²) >= 11 is 0.